The van der Waals surface area contributed by atoms with E-state index in [4.69, 9.17) is 4.52 Å². The highest BCUT2D eigenvalue weighted by Crippen LogP contribution is 2.32. The molecule has 146 valence electrons. The highest BCUT2D eigenvalue weighted by Gasteiger charge is 2.27. The van der Waals surface area contributed by atoms with Crippen molar-refractivity contribution < 1.29 is 9.32 Å². The molecule has 1 aliphatic rings. The molecule has 0 saturated carbocycles. The van der Waals surface area contributed by atoms with E-state index in [-0.39, 0.29) is 5.91 Å². The highest BCUT2D eigenvalue weighted by molar-refractivity contribution is 7.08. The van der Waals surface area contributed by atoms with Gasteiger partial charge in [-0.3, -0.25) is 9.78 Å². The number of pyridine rings is 1. The van der Waals surface area contributed by atoms with Crippen LogP contribution in [0.15, 0.2) is 22.9 Å². The van der Waals surface area contributed by atoms with Crippen LogP contribution in [0, 0.1) is 13.8 Å². The molecule has 0 spiro atoms. The van der Waals surface area contributed by atoms with Crippen molar-refractivity contribution in [1.29, 1.82) is 0 Å². The third kappa shape index (κ3) is 3.44. The molecule has 7 nitrogen and oxygen atoms in total. The second-order valence-corrected chi connectivity index (χ2v) is 7.90. The number of aromatic nitrogens is 4. The SMILES string of the molecule is CCc1nnsc1C(=O)N1CCC(c2ccnc(-c3c(C)noc3C)c2)CC1. The summed E-state index contributed by atoms with van der Waals surface area (Å²) in [4.78, 5) is 19.9. The van der Waals surface area contributed by atoms with Gasteiger partial charge in [0.2, 0.25) is 0 Å². The van der Waals surface area contributed by atoms with E-state index in [2.05, 4.69) is 31.9 Å². The summed E-state index contributed by atoms with van der Waals surface area (Å²) in [6, 6.07) is 4.21. The minimum absolute atomic E-state index is 0.0661. The number of rotatable bonds is 4. The van der Waals surface area contributed by atoms with Gasteiger partial charge in [0.05, 0.1) is 22.6 Å². The van der Waals surface area contributed by atoms with Gasteiger partial charge in [-0.05, 0) is 68.3 Å². The number of nitrogens with zero attached hydrogens (tertiary/aromatic N) is 5. The Morgan fingerprint density at radius 2 is 2.11 bits per heavy atom. The number of hydrogen-bond donors (Lipinski definition) is 0. The second kappa shape index (κ2) is 7.79. The van der Waals surface area contributed by atoms with Crippen molar-refractivity contribution >= 4 is 17.4 Å². The Kier molecular flexibility index (Phi) is 5.21. The van der Waals surface area contributed by atoms with Gasteiger partial charge < -0.3 is 9.42 Å². The molecule has 1 amide bonds. The first-order valence-electron chi connectivity index (χ1n) is 9.58. The van der Waals surface area contributed by atoms with Crippen LogP contribution in [-0.2, 0) is 6.42 Å². The molecule has 28 heavy (non-hydrogen) atoms. The lowest BCUT2D eigenvalue weighted by atomic mass is 9.89. The maximum absolute atomic E-state index is 12.8. The maximum Gasteiger partial charge on any atom is 0.267 e. The van der Waals surface area contributed by atoms with E-state index >= 15 is 0 Å². The van der Waals surface area contributed by atoms with E-state index < -0.39 is 0 Å². The van der Waals surface area contributed by atoms with E-state index in [9.17, 15) is 4.79 Å². The summed E-state index contributed by atoms with van der Waals surface area (Å²) in [6.45, 7) is 7.33. The predicted molar refractivity (Wildman–Crippen MR) is 106 cm³/mol. The van der Waals surface area contributed by atoms with E-state index in [1.54, 1.807) is 0 Å². The van der Waals surface area contributed by atoms with Crippen LogP contribution in [0.5, 0.6) is 0 Å². The van der Waals surface area contributed by atoms with E-state index in [0.717, 1.165) is 60.8 Å². The minimum Gasteiger partial charge on any atom is -0.361 e. The van der Waals surface area contributed by atoms with Crippen LogP contribution in [0.2, 0.25) is 0 Å². The number of carbonyl (C=O) groups is 1. The number of carbonyl (C=O) groups excluding carboxylic acids is 1. The number of amides is 1. The van der Waals surface area contributed by atoms with Crippen molar-refractivity contribution in [2.24, 2.45) is 0 Å². The molecule has 3 aromatic rings. The lowest BCUT2D eigenvalue weighted by Gasteiger charge is -2.32. The Morgan fingerprint density at radius 1 is 1.32 bits per heavy atom. The Hall–Kier alpha value is -2.61. The van der Waals surface area contributed by atoms with Crippen molar-refractivity contribution in [3.8, 4) is 11.3 Å². The van der Waals surface area contributed by atoms with Crippen LogP contribution >= 0.6 is 11.5 Å². The van der Waals surface area contributed by atoms with Crippen LogP contribution in [0.3, 0.4) is 0 Å². The quantitative estimate of drug-likeness (QED) is 0.666. The maximum atomic E-state index is 12.8. The van der Waals surface area contributed by atoms with Gasteiger partial charge in [0.15, 0.2) is 0 Å². The van der Waals surface area contributed by atoms with Crippen LogP contribution in [0.4, 0.5) is 0 Å². The van der Waals surface area contributed by atoms with E-state index in [1.807, 2.05) is 31.9 Å². The van der Waals surface area contributed by atoms with Crippen LogP contribution in [0.1, 0.15) is 58.1 Å². The molecule has 3 aromatic heterocycles. The standard InChI is InChI=1S/C20H23N5O2S/c1-4-16-19(28-24-22-16)20(26)25-9-6-14(7-10-25)15-5-8-21-17(11-15)18-12(2)23-27-13(18)3/h5,8,11,14H,4,6-7,9-10H2,1-3H3. The number of piperidine rings is 1. The monoisotopic (exact) mass is 397 g/mol. The first-order chi connectivity index (χ1) is 13.6. The average molecular weight is 398 g/mol. The Morgan fingerprint density at radius 3 is 2.79 bits per heavy atom. The van der Waals surface area contributed by atoms with Crippen molar-refractivity contribution in [1.82, 2.24) is 24.6 Å². The lowest BCUT2D eigenvalue weighted by Crippen LogP contribution is -2.38. The van der Waals surface area contributed by atoms with Crippen LogP contribution in [0.25, 0.3) is 11.3 Å². The van der Waals surface area contributed by atoms with Crippen molar-refractivity contribution in [2.75, 3.05) is 13.1 Å². The molecule has 4 rings (SSSR count). The number of aryl methyl sites for hydroxylation is 3. The van der Waals surface area contributed by atoms with Gasteiger partial charge in [-0.1, -0.05) is 16.6 Å². The first-order valence-corrected chi connectivity index (χ1v) is 10.4. The topological polar surface area (TPSA) is 85.0 Å². The van der Waals surface area contributed by atoms with Gasteiger partial charge in [-0.2, -0.15) is 0 Å². The normalized spacial score (nSPS) is 15.2. The average Bonchev–Trinajstić information content (AvgIpc) is 3.33. The van der Waals surface area contributed by atoms with Gasteiger partial charge in [-0.15, -0.1) is 5.10 Å². The molecule has 0 N–H and O–H groups in total. The molecule has 1 aliphatic heterocycles. The van der Waals surface area contributed by atoms with Crippen LogP contribution < -0.4 is 0 Å². The zero-order valence-corrected chi connectivity index (χ0v) is 17.1. The molecule has 8 heteroatoms. The van der Waals surface area contributed by atoms with E-state index in [1.165, 1.54) is 17.1 Å². The molecule has 0 unspecified atom stereocenters. The Labute approximate surface area is 167 Å². The molecule has 0 radical (unpaired) electrons. The third-order valence-electron chi connectivity index (χ3n) is 5.41. The Bertz CT molecular complexity index is 969. The molecule has 0 aliphatic carbocycles. The van der Waals surface area contributed by atoms with Gasteiger partial charge in [0.25, 0.3) is 5.91 Å². The van der Waals surface area contributed by atoms with Gasteiger partial charge >= 0.3 is 0 Å². The van der Waals surface area contributed by atoms with Crippen molar-refractivity contribution in [2.45, 2.75) is 46.0 Å². The smallest absolute Gasteiger partial charge is 0.267 e. The number of hydrogen-bond acceptors (Lipinski definition) is 7. The molecule has 4 heterocycles. The van der Waals surface area contributed by atoms with Gasteiger partial charge in [0.1, 0.15) is 10.6 Å². The summed E-state index contributed by atoms with van der Waals surface area (Å²) in [5.41, 5.74) is 4.78. The zero-order chi connectivity index (χ0) is 19.7. The second-order valence-electron chi connectivity index (χ2n) is 7.14. The number of likely N-dealkylation sites (tertiary alicyclic amines) is 1. The zero-order valence-electron chi connectivity index (χ0n) is 16.3. The summed E-state index contributed by atoms with van der Waals surface area (Å²) < 4.78 is 9.23. The summed E-state index contributed by atoms with van der Waals surface area (Å²) in [7, 11) is 0. The largest absolute Gasteiger partial charge is 0.361 e. The summed E-state index contributed by atoms with van der Waals surface area (Å²) >= 11 is 1.20. The fourth-order valence-corrected chi connectivity index (χ4v) is 4.57. The third-order valence-corrected chi connectivity index (χ3v) is 6.17. The first kappa shape index (κ1) is 18.7. The van der Waals surface area contributed by atoms with E-state index in [0.29, 0.717) is 10.8 Å². The fraction of sp³-hybridized carbons (Fsp3) is 0.450. The molecule has 0 bridgehead atoms. The van der Waals surface area contributed by atoms with Crippen molar-refractivity contribution in [3.63, 3.8) is 0 Å². The lowest BCUT2D eigenvalue weighted by molar-refractivity contribution is 0.0716. The van der Waals surface area contributed by atoms with Gasteiger partial charge in [-0.25, -0.2) is 0 Å². The molecular formula is C20H23N5O2S. The van der Waals surface area contributed by atoms with Crippen molar-refractivity contribution in [3.05, 3.63) is 45.9 Å². The molecule has 1 fully saturated rings. The Balaban J connectivity index is 1.47. The molecular weight excluding hydrogens is 374 g/mol. The highest BCUT2D eigenvalue weighted by atomic mass is 32.1. The molecule has 0 aromatic carbocycles. The van der Waals surface area contributed by atoms with Crippen LogP contribution in [-0.4, -0.2) is 43.6 Å². The summed E-state index contributed by atoms with van der Waals surface area (Å²) in [5.74, 6) is 1.26. The minimum atomic E-state index is 0.0661. The fourth-order valence-electron chi connectivity index (χ4n) is 3.85. The van der Waals surface area contributed by atoms with Gasteiger partial charge in [0, 0.05) is 19.3 Å². The summed E-state index contributed by atoms with van der Waals surface area (Å²) in [5, 5.41) is 8.10. The molecule has 1 saturated heterocycles. The molecule has 0 atom stereocenters. The summed E-state index contributed by atoms with van der Waals surface area (Å²) in [6.07, 6.45) is 4.45. The predicted octanol–water partition coefficient (Wildman–Crippen LogP) is 3.79.